The number of ether oxygens (including phenoxy) is 1. The lowest BCUT2D eigenvalue weighted by Crippen LogP contribution is -1.99. The standard InChI is InChI=1S/C29H24N4O/c1-20-8-10-22(11-9-20)23-16-24(19-30-18-23)28-17-29(32-21(2)31-28)33-25-12-14-27(15-13-25)34-26-6-4-3-5-7-26/h3-19H,1-2H3,(H,31,32,33). The molecule has 2 heterocycles. The lowest BCUT2D eigenvalue weighted by Gasteiger charge is -2.11. The molecule has 166 valence electrons. The van der Waals surface area contributed by atoms with Crippen LogP contribution in [0.3, 0.4) is 0 Å². The maximum atomic E-state index is 5.87. The van der Waals surface area contributed by atoms with Gasteiger partial charge in [-0.3, -0.25) is 4.98 Å². The number of nitrogens with zero attached hydrogens (tertiary/aromatic N) is 3. The quantitative estimate of drug-likeness (QED) is 0.296. The number of hydrogen-bond acceptors (Lipinski definition) is 5. The first-order valence-corrected chi connectivity index (χ1v) is 11.1. The van der Waals surface area contributed by atoms with Crippen molar-refractivity contribution in [1.82, 2.24) is 15.0 Å². The molecule has 5 nitrogen and oxygen atoms in total. The molecule has 5 heteroatoms. The average molecular weight is 445 g/mol. The number of nitrogens with one attached hydrogen (secondary N) is 1. The van der Waals surface area contributed by atoms with Crippen molar-refractivity contribution in [2.45, 2.75) is 13.8 Å². The lowest BCUT2D eigenvalue weighted by molar-refractivity contribution is 0.483. The molecule has 0 aliphatic rings. The second kappa shape index (κ2) is 9.55. The van der Waals surface area contributed by atoms with E-state index in [2.05, 4.69) is 57.5 Å². The summed E-state index contributed by atoms with van der Waals surface area (Å²) >= 11 is 0. The Hall–Kier alpha value is -4.51. The maximum Gasteiger partial charge on any atom is 0.134 e. The molecule has 5 aromatic rings. The zero-order valence-electron chi connectivity index (χ0n) is 19.1. The third-order valence-corrected chi connectivity index (χ3v) is 5.36. The highest BCUT2D eigenvalue weighted by atomic mass is 16.5. The Kier molecular flexibility index (Phi) is 5.99. The van der Waals surface area contributed by atoms with Crippen molar-refractivity contribution < 1.29 is 4.74 Å². The third kappa shape index (κ3) is 5.10. The van der Waals surface area contributed by atoms with Crippen LogP contribution in [0.2, 0.25) is 0 Å². The maximum absolute atomic E-state index is 5.87. The van der Waals surface area contributed by atoms with Gasteiger partial charge in [0.1, 0.15) is 23.1 Å². The van der Waals surface area contributed by atoms with Gasteiger partial charge in [-0.25, -0.2) is 9.97 Å². The Morgan fingerprint density at radius 2 is 1.35 bits per heavy atom. The van der Waals surface area contributed by atoms with E-state index in [9.17, 15) is 0 Å². The van der Waals surface area contributed by atoms with Gasteiger partial charge in [0.25, 0.3) is 0 Å². The monoisotopic (exact) mass is 444 g/mol. The van der Waals surface area contributed by atoms with Crippen LogP contribution in [-0.2, 0) is 0 Å². The summed E-state index contributed by atoms with van der Waals surface area (Å²) in [5, 5.41) is 3.37. The van der Waals surface area contributed by atoms with Gasteiger partial charge in [-0.15, -0.1) is 0 Å². The number of aryl methyl sites for hydroxylation is 2. The average Bonchev–Trinajstić information content (AvgIpc) is 2.86. The molecule has 0 amide bonds. The smallest absolute Gasteiger partial charge is 0.134 e. The van der Waals surface area contributed by atoms with Gasteiger partial charge in [0.15, 0.2) is 0 Å². The van der Waals surface area contributed by atoms with Crippen LogP contribution in [0.4, 0.5) is 11.5 Å². The number of anilines is 2. The van der Waals surface area contributed by atoms with E-state index >= 15 is 0 Å². The van der Waals surface area contributed by atoms with E-state index in [4.69, 9.17) is 4.74 Å². The van der Waals surface area contributed by atoms with Crippen molar-refractivity contribution in [1.29, 1.82) is 0 Å². The summed E-state index contributed by atoms with van der Waals surface area (Å²) in [7, 11) is 0. The molecule has 0 spiro atoms. The topological polar surface area (TPSA) is 59.9 Å². The molecule has 0 unspecified atom stereocenters. The molecule has 3 aromatic carbocycles. The summed E-state index contributed by atoms with van der Waals surface area (Å²) in [4.78, 5) is 13.7. The van der Waals surface area contributed by atoms with Crippen LogP contribution in [-0.4, -0.2) is 15.0 Å². The van der Waals surface area contributed by atoms with E-state index in [1.54, 1.807) is 0 Å². The van der Waals surface area contributed by atoms with Gasteiger partial charge < -0.3 is 10.1 Å². The molecule has 1 N–H and O–H groups in total. The van der Waals surface area contributed by atoms with Crippen molar-refractivity contribution in [3.8, 4) is 33.9 Å². The summed E-state index contributed by atoms with van der Waals surface area (Å²) in [5.74, 6) is 2.99. The summed E-state index contributed by atoms with van der Waals surface area (Å²) < 4.78 is 5.87. The second-order valence-corrected chi connectivity index (χ2v) is 8.08. The fraction of sp³-hybridized carbons (Fsp3) is 0.0690. The zero-order chi connectivity index (χ0) is 23.3. The van der Waals surface area contributed by atoms with E-state index < -0.39 is 0 Å². The Morgan fingerprint density at radius 1 is 0.647 bits per heavy atom. The van der Waals surface area contributed by atoms with Crippen LogP contribution >= 0.6 is 0 Å². The first kappa shape index (κ1) is 21.3. The number of benzene rings is 3. The minimum Gasteiger partial charge on any atom is -0.457 e. The van der Waals surface area contributed by atoms with Crippen molar-refractivity contribution in [3.05, 3.63) is 115 Å². The molecule has 5 rings (SSSR count). The van der Waals surface area contributed by atoms with Crippen LogP contribution in [0.15, 0.2) is 103 Å². The normalized spacial score (nSPS) is 10.6. The molecule has 0 fully saturated rings. The highest BCUT2D eigenvalue weighted by Crippen LogP contribution is 2.28. The van der Waals surface area contributed by atoms with Crippen LogP contribution < -0.4 is 10.1 Å². The molecule has 0 aliphatic heterocycles. The van der Waals surface area contributed by atoms with Gasteiger partial charge in [0.05, 0.1) is 5.69 Å². The van der Waals surface area contributed by atoms with E-state index in [1.165, 1.54) is 5.56 Å². The first-order chi connectivity index (χ1) is 16.6. The molecule has 34 heavy (non-hydrogen) atoms. The van der Waals surface area contributed by atoms with Gasteiger partial charge in [0.2, 0.25) is 0 Å². The molecular weight excluding hydrogens is 420 g/mol. The number of para-hydroxylation sites is 1. The number of pyridine rings is 1. The molecule has 0 atom stereocenters. The molecule has 0 saturated carbocycles. The Labute approximate surface area is 199 Å². The number of aromatic nitrogens is 3. The SMILES string of the molecule is Cc1ccc(-c2cncc(-c3cc(Nc4ccc(Oc5ccccc5)cc4)nc(C)n3)c2)cc1. The summed E-state index contributed by atoms with van der Waals surface area (Å²) in [6, 6.07) is 30.0. The summed E-state index contributed by atoms with van der Waals surface area (Å²) in [5.41, 5.74) is 6.09. The van der Waals surface area contributed by atoms with Gasteiger partial charge in [-0.2, -0.15) is 0 Å². The van der Waals surface area contributed by atoms with Gasteiger partial charge in [0, 0.05) is 35.3 Å². The molecular formula is C29H24N4O. The highest BCUT2D eigenvalue weighted by Gasteiger charge is 2.08. The summed E-state index contributed by atoms with van der Waals surface area (Å²) in [6.45, 7) is 3.98. The predicted octanol–water partition coefficient (Wildman–Crippen LogP) is 7.36. The van der Waals surface area contributed by atoms with Crippen molar-refractivity contribution >= 4 is 11.5 Å². The van der Waals surface area contributed by atoms with E-state index in [-0.39, 0.29) is 0 Å². The van der Waals surface area contributed by atoms with Crippen LogP contribution in [0.25, 0.3) is 22.4 Å². The minimum absolute atomic E-state index is 0.685. The van der Waals surface area contributed by atoms with Crippen molar-refractivity contribution in [2.75, 3.05) is 5.32 Å². The van der Waals surface area contributed by atoms with Crippen LogP contribution in [0.1, 0.15) is 11.4 Å². The first-order valence-electron chi connectivity index (χ1n) is 11.1. The van der Waals surface area contributed by atoms with E-state index in [0.29, 0.717) is 5.82 Å². The zero-order valence-corrected chi connectivity index (χ0v) is 19.1. The Morgan fingerprint density at radius 3 is 2.12 bits per heavy atom. The third-order valence-electron chi connectivity index (χ3n) is 5.36. The molecule has 0 bridgehead atoms. The van der Waals surface area contributed by atoms with Crippen molar-refractivity contribution in [3.63, 3.8) is 0 Å². The molecule has 0 radical (unpaired) electrons. The van der Waals surface area contributed by atoms with Crippen LogP contribution in [0, 0.1) is 13.8 Å². The van der Waals surface area contributed by atoms with Gasteiger partial charge >= 0.3 is 0 Å². The second-order valence-electron chi connectivity index (χ2n) is 8.08. The summed E-state index contributed by atoms with van der Waals surface area (Å²) in [6.07, 6.45) is 3.71. The molecule has 0 aliphatic carbocycles. The predicted molar refractivity (Wildman–Crippen MR) is 136 cm³/mol. The number of rotatable bonds is 6. The Balaban J connectivity index is 1.36. The van der Waals surface area contributed by atoms with E-state index in [0.717, 1.165) is 45.4 Å². The van der Waals surface area contributed by atoms with Crippen molar-refractivity contribution in [2.24, 2.45) is 0 Å². The minimum atomic E-state index is 0.685. The number of hydrogen-bond donors (Lipinski definition) is 1. The van der Waals surface area contributed by atoms with Crippen LogP contribution in [0.5, 0.6) is 11.5 Å². The lowest BCUT2D eigenvalue weighted by atomic mass is 10.0. The largest absolute Gasteiger partial charge is 0.457 e. The molecule has 2 aromatic heterocycles. The van der Waals surface area contributed by atoms with Gasteiger partial charge in [-0.05, 0) is 61.9 Å². The Bertz CT molecular complexity index is 1400. The fourth-order valence-corrected chi connectivity index (χ4v) is 3.64. The van der Waals surface area contributed by atoms with E-state index in [1.807, 2.05) is 80.0 Å². The molecule has 0 saturated heterocycles. The highest BCUT2D eigenvalue weighted by molar-refractivity contribution is 5.72. The fourth-order valence-electron chi connectivity index (χ4n) is 3.64. The van der Waals surface area contributed by atoms with Gasteiger partial charge in [-0.1, -0.05) is 48.0 Å².